The Labute approximate surface area is 118 Å². The van der Waals surface area contributed by atoms with E-state index in [-0.39, 0.29) is 5.91 Å². The van der Waals surface area contributed by atoms with Gasteiger partial charge in [-0.05, 0) is 36.4 Å². The molecule has 2 aromatic carbocycles. The molecule has 21 heavy (non-hydrogen) atoms. The highest BCUT2D eigenvalue weighted by Gasteiger charge is 2.08. The Morgan fingerprint density at radius 1 is 1.24 bits per heavy atom. The molecule has 1 amide bonds. The third-order valence-electron chi connectivity index (χ3n) is 2.93. The first kappa shape index (κ1) is 12.7. The van der Waals surface area contributed by atoms with Crippen LogP contribution in [0.4, 0.5) is 5.69 Å². The van der Waals surface area contributed by atoms with E-state index in [1.54, 1.807) is 36.4 Å². The first-order valence-corrected chi connectivity index (χ1v) is 6.10. The standard InChI is InChI=1S/C15H9N3O3/c16-8-9-2-1-3-10(6-9)14(19)17-11-4-5-13-12(7-11)18-15(20)21-13/h1-7H,(H,17,19)(H,18,20). The van der Waals surface area contributed by atoms with E-state index in [9.17, 15) is 9.59 Å². The van der Waals surface area contributed by atoms with Gasteiger partial charge in [0.15, 0.2) is 5.58 Å². The average Bonchev–Trinajstić information content (AvgIpc) is 2.86. The quantitative estimate of drug-likeness (QED) is 0.751. The number of hydrogen-bond donors (Lipinski definition) is 2. The summed E-state index contributed by atoms with van der Waals surface area (Å²) in [6.07, 6.45) is 0. The first-order chi connectivity index (χ1) is 10.2. The number of fused-ring (bicyclic) bond motifs is 1. The summed E-state index contributed by atoms with van der Waals surface area (Å²) in [7, 11) is 0. The van der Waals surface area contributed by atoms with Crippen LogP contribution in [0.2, 0.25) is 0 Å². The van der Waals surface area contributed by atoms with Gasteiger partial charge in [-0.25, -0.2) is 4.79 Å². The van der Waals surface area contributed by atoms with Crippen molar-refractivity contribution in [1.29, 1.82) is 5.26 Å². The van der Waals surface area contributed by atoms with Crippen molar-refractivity contribution in [3.8, 4) is 6.07 Å². The van der Waals surface area contributed by atoms with Crippen LogP contribution in [0.25, 0.3) is 11.1 Å². The maximum absolute atomic E-state index is 12.1. The van der Waals surface area contributed by atoms with Gasteiger partial charge in [0.25, 0.3) is 5.91 Å². The van der Waals surface area contributed by atoms with Crippen molar-refractivity contribution in [2.75, 3.05) is 5.32 Å². The van der Waals surface area contributed by atoms with Crippen molar-refractivity contribution in [1.82, 2.24) is 4.98 Å². The fraction of sp³-hybridized carbons (Fsp3) is 0. The van der Waals surface area contributed by atoms with Crippen LogP contribution in [0.15, 0.2) is 51.7 Å². The monoisotopic (exact) mass is 279 g/mol. The SMILES string of the molecule is N#Cc1cccc(C(=O)Nc2ccc3oc(=O)[nH]c3c2)c1. The summed E-state index contributed by atoms with van der Waals surface area (Å²) in [6, 6.07) is 13.2. The second-order valence-corrected chi connectivity index (χ2v) is 4.37. The molecule has 0 aliphatic carbocycles. The highest BCUT2D eigenvalue weighted by atomic mass is 16.4. The van der Waals surface area contributed by atoms with Crippen LogP contribution < -0.4 is 11.1 Å². The molecule has 1 aromatic heterocycles. The molecule has 0 radical (unpaired) electrons. The number of benzene rings is 2. The summed E-state index contributed by atoms with van der Waals surface area (Å²) in [5.74, 6) is -0.882. The lowest BCUT2D eigenvalue weighted by molar-refractivity contribution is 0.102. The third-order valence-corrected chi connectivity index (χ3v) is 2.93. The number of nitrogens with one attached hydrogen (secondary N) is 2. The topological polar surface area (TPSA) is 98.9 Å². The Hall–Kier alpha value is -3.33. The lowest BCUT2D eigenvalue weighted by Gasteiger charge is -2.05. The van der Waals surface area contributed by atoms with E-state index >= 15 is 0 Å². The second kappa shape index (κ2) is 4.98. The first-order valence-electron chi connectivity index (χ1n) is 6.10. The van der Waals surface area contributed by atoms with Crippen LogP contribution in [0, 0.1) is 11.3 Å². The van der Waals surface area contributed by atoms with E-state index in [0.29, 0.717) is 27.9 Å². The number of oxazole rings is 1. The number of aromatic amines is 1. The number of nitriles is 1. The van der Waals surface area contributed by atoms with Crippen LogP contribution in [-0.4, -0.2) is 10.9 Å². The molecule has 2 N–H and O–H groups in total. The van der Waals surface area contributed by atoms with Crippen LogP contribution in [0.5, 0.6) is 0 Å². The van der Waals surface area contributed by atoms with Gasteiger partial charge in [0, 0.05) is 11.3 Å². The van der Waals surface area contributed by atoms with Gasteiger partial charge in [0.1, 0.15) is 0 Å². The number of aromatic nitrogens is 1. The van der Waals surface area contributed by atoms with Crippen molar-refractivity contribution in [2.24, 2.45) is 0 Å². The summed E-state index contributed by atoms with van der Waals surface area (Å²) < 4.78 is 4.88. The van der Waals surface area contributed by atoms with Gasteiger partial charge in [0.2, 0.25) is 0 Å². The van der Waals surface area contributed by atoms with E-state index in [2.05, 4.69) is 10.3 Å². The molecule has 0 saturated heterocycles. The van der Waals surface area contributed by atoms with Crippen molar-refractivity contribution in [3.05, 3.63) is 64.1 Å². The summed E-state index contributed by atoms with van der Waals surface area (Å²) in [4.78, 5) is 25.7. The number of H-pyrrole nitrogens is 1. The summed E-state index contributed by atoms with van der Waals surface area (Å²) in [5.41, 5.74) is 2.24. The fourth-order valence-corrected chi connectivity index (χ4v) is 1.96. The average molecular weight is 279 g/mol. The predicted molar refractivity (Wildman–Crippen MR) is 75.9 cm³/mol. The molecule has 6 heteroatoms. The maximum atomic E-state index is 12.1. The molecule has 3 aromatic rings. The number of hydrogen-bond acceptors (Lipinski definition) is 4. The molecule has 0 spiro atoms. The van der Waals surface area contributed by atoms with Gasteiger partial charge in [0.05, 0.1) is 17.1 Å². The zero-order valence-electron chi connectivity index (χ0n) is 10.7. The molecule has 6 nitrogen and oxygen atoms in total. The molecular formula is C15H9N3O3. The van der Waals surface area contributed by atoms with Gasteiger partial charge in [-0.15, -0.1) is 0 Å². The molecule has 0 aliphatic rings. The minimum absolute atomic E-state index is 0.336. The number of carbonyl (C=O) groups is 1. The molecule has 0 unspecified atom stereocenters. The van der Waals surface area contributed by atoms with Gasteiger partial charge in [-0.3, -0.25) is 9.78 Å². The Morgan fingerprint density at radius 3 is 2.90 bits per heavy atom. The number of anilines is 1. The molecule has 0 fully saturated rings. The summed E-state index contributed by atoms with van der Waals surface area (Å²) in [6.45, 7) is 0. The van der Waals surface area contributed by atoms with Crippen LogP contribution in [0.1, 0.15) is 15.9 Å². The van der Waals surface area contributed by atoms with Gasteiger partial charge in [-0.1, -0.05) is 6.07 Å². The Morgan fingerprint density at radius 2 is 2.10 bits per heavy atom. The molecule has 0 aliphatic heterocycles. The van der Waals surface area contributed by atoms with Crippen molar-refractivity contribution >= 4 is 22.7 Å². The Bertz CT molecular complexity index is 931. The highest BCUT2D eigenvalue weighted by molar-refractivity contribution is 6.05. The second-order valence-electron chi connectivity index (χ2n) is 4.37. The molecule has 102 valence electrons. The minimum Gasteiger partial charge on any atom is -0.408 e. The van der Waals surface area contributed by atoms with E-state index in [0.717, 1.165) is 0 Å². The smallest absolute Gasteiger partial charge is 0.408 e. The van der Waals surface area contributed by atoms with E-state index in [4.69, 9.17) is 9.68 Å². The Balaban J connectivity index is 1.88. The molecule has 0 bridgehead atoms. The zero-order valence-corrected chi connectivity index (χ0v) is 10.7. The number of amides is 1. The molecular weight excluding hydrogens is 270 g/mol. The van der Waals surface area contributed by atoms with E-state index < -0.39 is 5.76 Å². The molecule has 3 rings (SSSR count). The fourth-order valence-electron chi connectivity index (χ4n) is 1.96. The molecule has 0 saturated carbocycles. The van der Waals surface area contributed by atoms with Crippen molar-refractivity contribution in [2.45, 2.75) is 0 Å². The Kier molecular flexibility index (Phi) is 3.01. The lowest BCUT2D eigenvalue weighted by Crippen LogP contribution is -2.11. The molecule has 0 atom stereocenters. The number of rotatable bonds is 2. The normalized spacial score (nSPS) is 10.2. The highest BCUT2D eigenvalue weighted by Crippen LogP contribution is 2.17. The lowest BCUT2D eigenvalue weighted by atomic mass is 10.1. The largest absolute Gasteiger partial charge is 0.417 e. The summed E-state index contributed by atoms with van der Waals surface area (Å²) >= 11 is 0. The van der Waals surface area contributed by atoms with Gasteiger partial charge in [-0.2, -0.15) is 5.26 Å². The zero-order chi connectivity index (χ0) is 14.8. The van der Waals surface area contributed by atoms with E-state index in [1.165, 1.54) is 6.07 Å². The third kappa shape index (κ3) is 2.53. The maximum Gasteiger partial charge on any atom is 0.417 e. The van der Waals surface area contributed by atoms with E-state index in [1.807, 2.05) is 6.07 Å². The summed E-state index contributed by atoms with van der Waals surface area (Å²) in [5, 5.41) is 11.5. The van der Waals surface area contributed by atoms with Crippen molar-refractivity contribution < 1.29 is 9.21 Å². The van der Waals surface area contributed by atoms with Crippen LogP contribution in [0.3, 0.4) is 0 Å². The van der Waals surface area contributed by atoms with Crippen LogP contribution >= 0.6 is 0 Å². The van der Waals surface area contributed by atoms with Crippen LogP contribution in [-0.2, 0) is 0 Å². The van der Waals surface area contributed by atoms with Gasteiger partial charge >= 0.3 is 5.76 Å². The number of carbonyl (C=O) groups excluding carboxylic acids is 1. The number of nitrogens with zero attached hydrogens (tertiary/aromatic N) is 1. The van der Waals surface area contributed by atoms with Crippen molar-refractivity contribution in [3.63, 3.8) is 0 Å². The predicted octanol–water partition coefficient (Wildman–Crippen LogP) is 2.25. The minimum atomic E-state index is -0.546. The van der Waals surface area contributed by atoms with Gasteiger partial charge < -0.3 is 9.73 Å². The molecule has 1 heterocycles.